The normalized spacial score (nSPS) is 10.9. The Morgan fingerprint density at radius 1 is 0.878 bits per heavy atom. The van der Waals surface area contributed by atoms with E-state index in [0.29, 0.717) is 35.1 Å². The molecule has 2 N–H and O–H groups in total. The highest BCUT2D eigenvalue weighted by molar-refractivity contribution is 5.95. The van der Waals surface area contributed by atoms with Crippen molar-refractivity contribution in [3.05, 3.63) is 83.2 Å². The topological polar surface area (TPSA) is 118 Å². The molecule has 4 rings (SSSR count). The van der Waals surface area contributed by atoms with E-state index in [0.717, 1.165) is 48.9 Å². The average Bonchev–Trinajstić information content (AvgIpc) is 3.08. The second kappa shape index (κ2) is 17.3. The summed E-state index contributed by atoms with van der Waals surface area (Å²) in [6.07, 6.45) is 3.25. The Balaban J connectivity index is 1.54. The van der Waals surface area contributed by atoms with Gasteiger partial charge in [0.15, 0.2) is 0 Å². The number of unbranched alkanes of at least 4 members (excludes halogenated alkanes) is 3. The Morgan fingerprint density at radius 3 is 2.37 bits per heavy atom. The van der Waals surface area contributed by atoms with Crippen molar-refractivity contribution in [1.29, 1.82) is 0 Å². The molecule has 0 saturated heterocycles. The molecule has 0 radical (unpaired) electrons. The number of anilines is 3. The quantitative estimate of drug-likeness (QED) is 0.127. The first kappa shape index (κ1) is 36.6. The number of methoxy groups -OCH3 is 2. The van der Waals surface area contributed by atoms with Crippen LogP contribution in [0.15, 0.2) is 60.7 Å². The van der Waals surface area contributed by atoms with Gasteiger partial charge in [0.1, 0.15) is 17.3 Å². The summed E-state index contributed by atoms with van der Waals surface area (Å²) in [4.78, 5) is 38.5. The summed E-state index contributed by atoms with van der Waals surface area (Å²) >= 11 is 0. The molecule has 0 spiro atoms. The van der Waals surface area contributed by atoms with Gasteiger partial charge in [-0.05, 0) is 88.8 Å². The largest absolute Gasteiger partial charge is 0.497 e. The first-order chi connectivity index (χ1) is 23.5. The predicted molar refractivity (Wildman–Crippen MR) is 190 cm³/mol. The minimum atomic E-state index is -0.738. The molecule has 2 amide bonds. The Kier molecular flexibility index (Phi) is 12.9. The lowest BCUT2D eigenvalue weighted by Gasteiger charge is -2.20. The van der Waals surface area contributed by atoms with Crippen LogP contribution in [-0.2, 0) is 0 Å². The molecule has 0 bridgehead atoms. The first-order valence-corrected chi connectivity index (χ1v) is 16.1. The van der Waals surface area contributed by atoms with Gasteiger partial charge >= 0.3 is 6.09 Å². The van der Waals surface area contributed by atoms with E-state index in [1.54, 1.807) is 37.4 Å². The number of aromatic nitrogens is 2. The van der Waals surface area contributed by atoms with E-state index < -0.39 is 17.8 Å². The summed E-state index contributed by atoms with van der Waals surface area (Å²) in [5, 5.41) is 5.81. The summed E-state index contributed by atoms with van der Waals surface area (Å²) < 4.78 is 31.7. The highest BCUT2D eigenvalue weighted by atomic mass is 19.1. The van der Waals surface area contributed by atoms with Gasteiger partial charge in [-0.15, -0.1) is 0 Å². The third kappa shape index (κ3) is 9.89. The monoisotopic (exact) mass is 672 g/mol. The maximum Gasteiger partial charge on any atom is 0.420 e. The number of benzene rings is 3. The molecule has 11 nitrogen and oxygen atoms in total. The number of nitrogens with one attached hydrogen (secondary N) is 2. The molecule has 0 unspecified atom stereocenters. The van der Waals surface area contributed by atoms with Crippen molar-refractivity contribution in [2.24, 2.45) is 0 Å². The molecule has 0 aliphatic carbocycles. The van der Waals surface area contributed by atoms with Crippen molar-refractivity contribution in [2.75, 3.05) is 58.7 Å². The van der Waals surface area contributed by atoms with Crippen molar-refractivity contribution >= 4 is 29.3 Å². The Morgan fingerprint density at radius 2 is 1.65 bits per heavy atom. The number of hydrogen-bond donors (Lipinski definition) is 2. The molecular weight excluding hydrogens is 627 g/mol. The number of aryl methyl sites for hydroxylation is 1. The van der Waals surface area contributed by atoms with Crippen LogP contribution in [-0.4, -0.2) is 75.3 Å². The highest BCUT2D eigenvalue weighted by Crippen LogP contribution is 2.33. The van der Waals surface area contributed by atoms with Crippen molar-refractivity contribution in [3.63, 3.8) is 0 Å². The lowest BCUT2D eigenvalue weighted by atomic mass is 10.0. The minimum absolute atomic E-state index is 0.0368. The van der Waals surface area contributed by atoms with Gasteiger partial charge in [0.2, 0.25) is 11.8 Å². The number of carbonyl (C=O) groups is 2. The standard InChI is InChI=1S/C37H45FN6O5/c1-24-13-12-14-28(25(24)2)31-23-34(49-37(46)44(5)32-22-27(47-6)16-18-33(32)48-7)42-36(41-31)40-26-15-17-29(30(38)21-26)35(45)39-19-10-8-9-11-20-43(3)4/h12-18,21-23H,8-11,19-20H2,1-7H3,(H,39,45)(H,40,41,42). The Labute approximate surface area is 287 Å². The summed E-state index contributed by atoms with van der Waals surface area (Å²) in [7, 11) is 8.66. The van der Waals surface area contributed by atoms with E-state index in [-0.39, 0.29) is 17.4 Å². The van der Waals surface area contributed by atoms with Gasteiger partial charge in [0.25, 0.3) is 5.91 Å². The molecule has 0 aliphatic rings. The Hall–Kier alpha value is -5.23. The Bertz CT molecular complexity index is 1770. The number of amides is 2. The van der Waals surface area contributed by atoms with Crippen LogP contribution in [0.5, 0.6) is 17.4 Å². The van der Waals surface area contributed by atoms with Gasteiger partial charge in [0.05, 0.1) is 31.2 Å². The molecule has 12 heteroatoms. The molecule has 49 heavy (non-hydrogen) atoms. The van der Waals surface area contributed by atoms with Gasteiger partial charge in [-0.3, -0.25) is 9.69 Å². The molecule has 1 aromatic heterocycles. The fraction of sp³-hybridized carbons (Fsp3) is 0.351. The number of hydrogen-bond acceptors (Lipinski definition) is 9. The number of halogens is 1. The average molecular weight is 673 g/mol. The van der Waals surface area contributed by atoms with Crippen LogP contribution in [0, 0.1) is 19.7 Å². The molecule has 3 aromatic carbocycles. The van der Waals surface area contributed by atoms with Gasteiger partial charge in [-0.2, -0.15) is 4.98 Å². The maximum absolute atomic E-state index is 15.2. The van der Waals surface area contributed by atoms with Gasteiger partial charge in [0, 0.05) is 37.0 Å². The summed E-state index contributed by atoms with van der Waals surface area (Å²) in [6, 6.07) is 16.6. The van der Waals surface area contributed by atoms with Crippen LogP contribution in [0.3, 0.4) is 0 Å². The van der Waals surface area contributed by atoms with Crippen LogP contribution in [0.2, 0.25) is 0 Å². The minimum Gasteiger partial charge on any atom is -0.497 e. The fourth-order valence-electron chi connectivity index (χ4n) is 5.12. The van der Waals surface area contributed by atoms with E-state index in [4.69, 9.17) is 14.2 Å². The SMILES string of the molecule is COc1ccc(OC)c(N(C)C(=O)Oc2cc(-c3cccc(C)c3C)nc(Nc3ccc(C(=O)NCCCCCCN(C)C)c(F)c3)n2)c1. The van der Waals surface area contributed by atoms with Crippen LogP contribution >= 0.6 is 0 Å². The molecule has 0 aliphatic heterocycles. The smallest absolute Gasteiger partial charge is 0.420 e. The van der Waals surface area contributed by atoms with E-state index in [1.807, 2.05) is 46.1 Å². The number of rotatable bonds is 15. The van der Waals surface area contributed by atoms with Crippen LogP contribution in [0.4, 0.5) is 26.5 Å². The zero-order chi connectivity index (χ0) is 35.5. The number of carbonyl (C=O) groups excluding carboxylic acids is 2. The number of nitrogens with zero attached hydrogens (tertiary/aromatic N) is 4. The first-order valence-electron chi connectivity index (χ1n) is 16.1. The molecule has 0 fully saturated rings. The van der Waals surface area contributed by atoms with Crippen LogP contribution < -0.4 is 29.7 Å². The van der Waals surface area contributed by atoms with Crippen molar-refractivity contribution in [2.45, 2.75) is 39.5 Å². The zero-order valence-corrected chi connectivity index (χ0v) is 29.2. The van der Waals surface area contributed by atoms with Crippen LogP contribution in [0.25, 0.3) is 11.3 Å². The third-order valence-corrected chi connectivity index (χ3v) is 8.08. The van der Waals surface area contributed by atoms with E-state index in [2.05, 4.69) is 25.5 Å². The van der Waals surface area contributed by atoms with E-state index in [9.17, 15) is 9.59 Å². The molecular formula is C37H45FN6O5. The second-order valence-electron chi connectivity index (χ2n) is 11.9. The molecule has 0 saturated carbocycles. The van der Waals surface area contributed by atoms with Gasteiger partial charge in [-0.1, -0.05) is 31.0 Å². The van der Waals surface area contributed by atoms with Gasteiger partial charge < -0.3 is 29.7 Å². The van der Waals surface area contributed by atoms with E-state index >= 15 is 4.39 Å². The lowest BCUT2D eigenvalue weighted by molar-refractivity contribution is 0.0949. The highest BCUT2D eigenvalue weighted by Gasteiger charge is 2.21. The zero-order valence-electron chi connectivity index (χ0n) is 29.2. The maximum atomic E-state index is 15.2. The summed E-state index contributed by atoms with van der Waals surface area (Å²) in [5.41, 5.74) is 4.00. The van der Waals surface area contributed by atoms with Crippen molar-refractivity contribution in [3.8, 4) is 28.6 Å². The molecule has 4 aromatic rings. The van der Waals surface area contributed by atoms with Crippen molar-refractivity contribution < 1.29 is 28.2 Å². The number of ether oxygens (including phenoxy) is 3. The van der Waals surface area contributed by atoms with Crippen molar-refractivity contribution in [1.82, 2.24) is 20.2 Å². The molecule has 260 valence electrons. The van der Waals surface area contributed by atoms with Crippen LogP contribution in [0.1, 0.15) is 47.2 Å². The summed E-state index contributed by atoms with van der Waals surface area (Å²) in [6.45, 7) is 5.46. The molecule has 0 atom stereocenters. The molecule has 1 heterocycles. The van der Waals surface area contributed by atoms with Gasteiger partial charge in [-0.25, -0.2) is 14.2 Å². The van der Waals surface area contributed by atoms with E-state index in [1.165, 1.54) is 31.3 Å². The fourth-order valence-corrected chi connectivity index (χ4v) is 5.12. The summed E-state index contributed by atoms with van der Waals surface area (Å²) in [5.74, 6) is -0.172. The second-order valence-corrected chi connectivity index (χ2v) is 11.9. The predicted octanol–water partition coefficient (Wildman–Crippen LogP) is 7.15. The lowest BCUT2D eigenvalue weighted by Crippen LogP contribution is -2.30. The third-order valence-electron chi connectivity index (χ3n) is 8.08.